The molecule has 0 radical (unpaired) electrons. The van der Waals surface area contributed by atoms with Crippen molar-refractivity contribution >= 4 is 0 Å². The van der Waals surface area contributed by atoms with Crippen molar-refractivity contribution in [1.82, 2.24) is 0 Å². The molecule has 1 aromatic rings. The second kappa shape index (κ2) is 3.30. The zero-order chi connectivity index (χ0) is 5.98. The Morgan fingerprint density at radius 1 is 1.44 bits per heavy atom. The third-order valence-electron chi connectivity index (χ3n) is 1.02. The Hall–Kier alpha value is -0.760. The number of nitrogens with zero attached hydrogens (tertiary/aromatic N) is 1. The van der Waals surface area contributed by atoms with Gasteiger partial charge in [0.15, 0.2) is 11.9 Å². The molecular formula is C6H7ClNO-. The standard InChI is InChI=1S/C6H7NO.ClH/c1-6-4-2-3-5-7(6)8;/h2-5H,1H3;1H/p-1. The predicted molar refractivity (Wildman–Crippen MR) is 30.1 cm³/mol. The Labute approximate surface area is 60.1 Å². The monoisotopic (exact) mass is 144 g/mol. The van der Waals surface area contributed by atoms with Gasteiger partial charge in [0.25, 0.3) is 0 Å². The van der Waals surface area contributed by atoms with Crippen molar-refractivity contribution in [3.8, 4) is 0 Å². The Morgan fingerprint density at radius 3 is 2.44 bits per heavy atom. The molecule has 1 rings (SSSR count). The third-order valence-corrected chi connectivity index (χ3v) is 1.02. The summed E-state index contributed by atoms with van der Waals surface area (Å²) >= 11 is 0. The van der Waals surface area contributed by atoms with Crippen molar-refractivity contribution in [1.29, 1.82) is 0 Å². The van der Waals surface area contributed by atoms with E-state index in [1.54, 1.807) is 19.1 Å². The molecule has 1 aromatic heterocycles. The van der Waals surface area contributed by atoms with Gasteiger partial charge in [-0.3, -0.25) is 0 Å². The third kappa shape index (κ3) is 1.90. The fourth-order valence-corrected chi connectivity index (χ4v) is 0.514. The van der Waals surface area contributed by atoms with Gasteiger partial charge in [-0.1, -0.05) is 6.07 Å². The van der Waals surface area contributed by atoms with E-state index < -0.39 is 0 Å². The highest BCUT2D eigenvalue weighted by molar-refractivity contribution is 4.94. The minimum Gasteiger partial charge on any atom is -1.00 e. The van der Waals surface area contributed by atoms with E-state index in [4.69, 9.17) is 0 Å². The summed E-state index contributed by atoms with van der Waals surface area (Å²) in [4.78, 5) is 0. The number of hydrogen-bond donors (Lipinski definition) is 0. The van der Waals surface area contributed by atoms with Gasteiger partial charge in [0, 0.05) is 19.1 Å². The summed E-state index contributed by atoms with van der Waals surface area (Å²) < 4.78 is 0.833. The molecule has 0 bridgehead atoms. The van der Waals surface area contributed by atoms with Crippen LogP contribution in [0, 0.1) is 12.1 Å². The van der Waals surface area contributed by atoms with Crippen LogP contribution in [0.25, 0.3) is 0 Å². The van der Waals surface area contributed by atoms with Crippen molar-refractivity contribution in [2.24, 2.45) is 0 Å². The second-order valence-corrected chi connectivity index (χ2v) is 1.67. The number of aryl methyl sites for hydroxylation is 1. The zero-order valence-electron chi connectivity index (χ0n) is 5.04. The van der Waals surface area contributed by atoms with Crippen LogP contribution in [-0.4, -0.2) is 0 Å². The van der Waals surface area contributed by atoms with Crippen LogP contribution in [0.5, 0.6) is 0 Å². The summed E-state index contributed by atoms with van der Waals surface area (Å²) in [6.45, 7) is 1.77. The molecule has 0 unspecified atom stereocenters. The fourth-order valence-electron chi connectivity index (χ4n) is 0.514. The highest BCUT2D eigenvalue weighted by Crippen LogP contribution is 1.83. The smallest absolute Gasteiger partial charge is 0.189 e. The lowest BCUT2D eigenvalue weighted by Gasteiger charge is -1.95. The molecule has 0 saturated carbocycles. The van der Waals surface area contributed by atoms with Crippen LogP contribution in [0.3, 0.4) is 0 Å². The molecule has 1 heterocycles. The Balaban J connectivity index is 0.000000640. The van der Waals surface area contributed by atoms with E-state index in [1.165, 1.54) is 6.20 Å². The molecule has 0 aliphatic carbocycles. The number of aromatic nitrogens is 1. The van der Waals surface area contributed by atoms with Crippen molar-refractivity contribution in [3.05, 3.63) is 35.3 Å². The minimum absolute atomic E-state index is 0. The molecule has 0 aliphatic heterocycles. The van der Waals surface area contributed by atoms with E-state index in [0.717, 1.165) is 10.4 Å². The normalized spacial score (nSPS) is 8.11. The quantitative estimate of drug-likeness (QED) is 0.296. The van der Waals surface area contributed by atoms with Crippen LogP contribution in [-0.2, 0) is 0 Å². The lowest BCUT2D eigenvalue weighted by atomic mass is 10.4. The molecule has 0 N–H and O–H groups in total. The number of hydrogen-bond acceptors (Lipinski definition) is 1. The molecule has 0 aromatic carbocycles. The molecule has 2 nitrogen and oxygen atoms in total. The highest BCUT2D eigenvalue weighted by atomic mass is 35.5. The average Bonchev–Trinajstić information content (AvgIpc) is 1.77. The zero-order valence-corrected chi connectivity index (χ0v) is 5.80. The van der Waals surface area contributed by atoms with E-state index >= 15 is 0 Å². The van der Waals surface area contributed by atoms with Crippen molar-refractivity contribution in [2.45, 2.75) is 6.92 Å². The summed E-state index contributed by atoms with van der Waals surface area (Å²) in [6.07, 6.45) is 1.48. The van der Waals surface area contributed by atoms with Crippen LogP contribution in [0.2, 0.25) is 0 Å². The molecule has 0 amide bonds. The van der Waals surface area contributed by atoms with Crippen LogP contribution in [0.15, 0.2) is 24.4 Å². The van der Waals surface area contributed by atoms with E-state index in [1.807, 2.05) is 6.07 Å². The van der Waals surface area contributed by atoms with Gasteiger partial charge >= 0.3 is 0 Å². The summed E-state index contributed by atoms with van der Waals surface area (Å²) in [7, 11) is 0. The second-order valence-electron chi connectivity index (χ2n) is 1.67. The molecule has 0 fully saturated rings. The maximum absolute atomic E-state index is 10.5. The lowest BCUT2D eigenvalue weighted by Crippen LogP contribution is -3.00. The number of halogens is 1. The van der Waals surface area contributed by atoms with Crippen LogP contribution < -0.4 is 17.1 Å². The number of rotatable bonds is 0. The first-order valence-electron chi connectivity index (χ1n) is 2.45. The predicted octanol–water partition coefficient (Wildman–Crippen LogP) is -2.37. The molecule has 0 aliphatic rings. The van der Waals surface area contributed by atoms with Crippen LogP contribution in [0.1, 0.15) is 5.69 Å². The minimum atomic E-state index is 0. The molecule has 3 heteroatoms. The van der Waals surface area contributed by atoms with Crippen molar-refractivity contribution in [3.63, 3.8) is 0 Å². The molecule has 50 valence electrons. The fraction of sp³-hybridized carbons (Fsp3) is 0.167. The molecule has 0 saturated heterocycles. The Bertz CT molecular complexity index is 169. The topological polar surface area (TPSA) is 26.9 Å². The van der Waals surface area contributed by atoms with Gasteiger partial charge in [0.1, 0.15) is 0 Å². The maximum Gasteiger partial charge on any atom is 0.189 e. The van der Waals surface area contributed by atoms with Gasteiger partial charge in [-0.05, 0) is 0 Å². The summed E-state index contributed by atoms with van der Waals surface area (Å²) in [5.74, 6) is 0. The maximum atomic E-state index is 10.5. The van der Waals surface area contributed by atoms with E-state index in [9.17, 15) is 5.21 Å². The first-order chi connectivity index (χ1) is 3.80. The summed E-state index contributed by atoms with van der Waals surface area (Å²) in [5, 5.41) is 10.5. The highest BCUT2D eigenvalue weighted by Gasteiger charge is 1.89. The molecule has 0 spiro atoms. The lowest BCUT2D eigenvalue weighted by molar-refractivity contribution is -0.612. The van der Waals surface area contributed by atoms with E-state index in [-0.39, 0.29) is 12.4 Å². The summed E-state index contributed by atoms with van der Waals surface area (Å²) in [6, 6.07) is 5.32. The van der Waals surface area contributed by atoms with E-state index in [0.29, 0.717) is 0 Å². The van der Waals surface area contributed by atoms with Gasteiger partial charge in [-0.25, -0.2) is 0 Å². The van der Waals surface area contributed by atoms with Gasteiger partial charge in [-0.15, -0.1) is 0 Å². The first kappa shape index (κ1) is 8.24. The Morgan fingerprint density at radius 2 is 2.11 bits per heavy atom. The number of pyridine rings is 1. The SMILES string of the molecule is Cc1cccc[n+]1[O-].[Cl-]. The summed E-state index contributed by atoms with van der Waals surface area (Å²) in [5.41, 5.74) is 0.729. The van der Waals surface area contributed by atoms with Crippen LogP contribution >= 0.6 is 0 Å². The molecule has 0 atom stereocenters. The van der Waals surface area contributed by atoms with Crippen molar-refractivity contribution in [2.75, 3.05) is 0 Å². The van der Waals surface area contributed by atoms with Gasteiger partial charge in [0.2, 0.25) is 0 Å². The van der Waals surface area contributed by atoms with Gasteiger partial charge in [-0.2, -0.15) is 4.73 Å². The van der Waals surface area contributed by atoms with E-state index in [2.05, 4.69) is 0 Å². The molecule has 9 heavy (non-hydrogen) atoms. The van der Waals surface area contributed by atoms with Gasteiger partial charge in [0.05, 0.1) is 0 Å². The average molecular weight is 145 g/mol. The molecular weight excluding hydrogens is 138 g/mol. The Kier molecular flexibility index (Phi) is 3.02. The van der Waals surface area contributed by atoms with Crippen molar-refractivity contribution < 1.29 is 17.1 Å². The van der Waals surface area contributed by atoms with Crippen LogP contribution in [0.4, 0.5) is 0 Å². The van der Waals surface area contributed by atoms with Gasteiger partial charge < -0.3 is 17.6 Å². The first-order valence-corrected chi connectivity index (χ1v) is 2.45. The largest absolute Gasteiger partial charge is 1.00 e.